The van der Waals surface area contributed by atoms with Crippen molar-refractivity contribution in [2.24, 2.45) is 35.5 Å². The van der Waals surface area contributed by atoms with Gasteiger partial charge in [0, 0.05) is 39.2 Å². The standard InChI is InChI=1S/C43H67NO10/c1-10-11-13-28-14-12-15-36(54-38-19-18-35(44(5)6)25(3)50-38)24(2)39(46)34-22-32-30(33(34)23-37(45)52-28)17-16-27-20-29(21-31(27)32)53-43-42(49-9)41(48-8)40(47-7)26(4)51-43/h11,13,16-17,22,24-33,35-36,38,40-43H,10,12,14-15,18-21,23H2,1-9H3/t24-,25-,26+,27?,28+,29-,30?,31?,32?,33?,35+,36+,38?,40+,41-,42-,43+/m1/s1. The molecule has 3 heterocycles. The Bertz CT molecular complexity index is 1370. The molecule has 0 spiro atoms. The molecule has 0 radical (unpaired) electrons. The van der Waals surface area contributed by atoms with E-state index in [-0.39, 0.29) is 103 Å². The van der Waals surface area contributed by atoms with E-state index in [0.29, 0.717) is 18.9 Å². The molecule has 6 rings (SSSR count). The van der Waals surface area contributed by atoms with Gasteiger partial charge in [-0.3, -0.25) is 9.59 Å². The predicted molar refractivity (Wildman–Crippen MR) is 203 cm³/mol. The SMILES string of the molecule is CCC=C[C@H]1CCC[C@H](OC2CC[C@H](N(C)C)[C@@H](C)O2)[C@@H](C)C(=O)C2=CC3C(C=CC4C[C@@H](O[C@@H]5O[C@@H](C)[C@H](OC)[C@@H](OC)[C@H]5OC)CC43)C2CC(=O)O1. The number of carbonyl (C=O) groups is 2. The van der Waals surface area contributed by atoms with E-state index in [9.17, 15) is 9.59 Å². The average molecular weight is 758 g/mol. The summed E-state index contributed by atoms with van der Waals surface area (Å²) in [5.74, 6) is -0.122. The molecule has 0 aromatic heterocycles. The van der Waals surface area contributed by atoms with E-state index in [1.54, 1.807) is 21.3 Å². The van der Waals surface area contributed by atoms with Crippen LogP contribution in [0.1, 0.15) is 85.5 Å². The van der Waals surface area contributed by atoms with Gasteiger partial charge in [-0.25, -0.2) is 0 Å². The molecule has 6 aliphatic rings. The number of esters is 1. The zero-order chi connectivity index (χ0) is 38.7. The quantitative estimate of drug-likeness (QED) is 0.192. The van der Waals surface area contributed by atoms with Gasteiger partial charge in [0.2, 0.25) is 0 Å². The highest BCUT2D eigenvalue weighted by atomic mass is 16.7. The Labute approximate surface area is 323 Å². The molecule has 17 atom stereocenters. The molecule has 0 amide bonds. The molecule has 6 unspecified atom stereocenters. The molecule has 1 saturated carbocycles. The molecule has 3 saturated heterocycles. The lowest BCUT2D eigenvalue weighted by atomic mass is 9.70. The van der Waals surface area contributed by atoms with Gasteiger partial charge in [0.05, 0.1) is 30.8 Å². The molecular weight excluding hydrogens is 690 g/mol. The fourth-order valence-electron chi connectivity index (χ4n) is 10.5. The van der Waals surface area contributed by atoms with Crippen LogP contribution >= 0.6 is 0 Å². The Morgan fingerprint density at radius 3 is 2.30 bits per heavy atom. The van der Waals surface area contributed by atoms with Crippen molar-refractivity contribution in [2.45, 2.75) is 153 Å². The number of cyclic esters (lactones) is 1. The van der Waals surface area contributed by atoms with Gasteiger partial charge in [-0.05, 0) is 115 Å². The summed E-state index contributed by atoms with van der Waals surface area (Å²) < 4.78 is 49.7. The maximum atomic E-state index is 14.7. The van der Waals surface area contributed by atoms with E-state index in [0.717, 1.165) is 44.1 Å². The summed E-state index contributed by atoms with van der Waals surface area (Å²) in [6, 6.07) is 0.330. The van der Waals surface area contributed by atoms with Crippen molar-refractivity contribution in [2.75, 3.05) is 35.4 Å². The Kier molecular flexibility index (Phi) is 14.3. The normalized spacial score (nSPS) is 44.6. The average Bonchev–Trinajstić information content (AvgIpc) is 3.72. The summed E-state index contributed by atoms with van der Waals surface area (Å²) in [7, 11) is 9.15. The number of likely N-dealkylation sites (N-methyl/N-ethyl adjacent to an activating group) is 1. The summed E-state index contributed by atoms with van der Waals surface area (Å²) in [6.45, 7) is 8.17. The minimum Gasteiger partial charge on any atom is -0.458 e. The molecule has 54 heavy (non-hydrogen) atoms. The van der Waals surface area contributed by atoms with Crippen LogP contribution in [0.15, 0.2) is 36.0 Å². The van der Waals surface area contributed by atoms with Gasteiger partial charge in [0.1, 0.15) is 24.4 Å². The molecule has 3 aliphatic heterocycles. The lowest BCUT2D eigenvalue weighted by Crippen LogP contribution is -2.59. The Hall–Kier alpha value is -1.96. The lowest BCUT2D eigenvalue weighted by Gasteiger charge is -2.44. The van der Waals surface area contributed by atoms with Crippen LogP contribution in [-0.2, 0) is 47.5 Å². The number of rotatable bonds is 10. The van der Waals surface area contributed by atoms with Crippen molar-refractivity contribution in [3.05, 3.63) is 36.0 Å². The molecule has 304 valence electrons. The van der Waals surface area contributed by atoms with Gasteiger partial charge in [-0.15, -0.1) is 0 Å². The van der Waals surface area contributed by atoms with Gasteiger partial charge < -0.3 is 42.8 Å². The fraction of sp³-hybridized carbons (Fsp3) is 0.814. The van der Waals surface area contributed by atoms with Crippen LogP contribution in [0.25, 0.3) is 0 Å². The van der Waals surface area contributed by atoms with Crippen molar-refractivity contribution in [1.82, 2.24) is 4.90 Å². The zero-order valence-electron chi connectivity index (χ0n) is 34.1. The van der Waals surface area contributed by atoms with Gasteiger partial charge in [0.25, 0.3) is 0 Å². The largest absolute Gasteiger partial charge is 0.458 e. The Morgan fingerprint density at radius 1 is 0.852 bits per heavy atom. The number of ketones is 1. The second-order valence-electron chi connectivity index (χ2n) is 16.8. The third-order valence-electron chi connectivity index (χ3n) is 13.3. The minimum absolute atomic E-state index is 0.0270. The number of nitrogens with zero attached hydrogens (tertiary/aromatic N) is 1. The Balaban J connectivity index is 1.22. The zero-order valence-corrected chi connectivity index (χ0v) is 34.1. The summed E-state index contributed by atoms with van der Waals surface area (Å²) >= 11 is 0. The van der Waals surface area contributed by atoms with Crippen LogP contribution < -0.4 is 0 Å². The highest BCUT2D eigenvalue weighted by Crippen LogP contribution is 2.54. The van der Waals surface area contributed by atoms with Gasteiger partial charge >= 0.3 is 5.97 Å². The molecule has 11 heteroatoms. The minimum atomic E-state index is -0.600. The number of hydrogen-bond donors (Lipinski definition) is 0. The first-order chi connectivity index (χ1) is 26.0. The number of ether oxygens (including phenoxy) is 8. The molecule has 0 bridgehead atoms. The molecule has 11 nitrogen and oxygen atoms in total. The number of carbonyl (C=O) groups excluding carboxylic acids is 2. The monoisotopic (exact) mass is 757 g/mol. The van der Waals surface area contributed by atoms with E-state index in [2.05, 4.69) is 57.1 Å². The van der Waals surface area contributed by atoms with Crippen LogP contribution in [0.5, 0.6) is 0 Å². The van der Waals surface area contributed by atoms with Gasteiger partial charge in [0.15, 0.2) is 18.4 Å². The van der Waals surface area contributed by atoms with E-state index in [1.165, 1.54) is 0 Å². The third-order valence-corrected chi connectivity index (χ3v) is 13.3. The number of hydrogen-bond acceptors (Lipinski definition) is 11. The maximum absolute atomic E-state index is 14.7. The second-order valence-corrected chi connectivity index (χ2v) is 16.8. The lowest BCUT2D eigenvalue weighted by molar-refractivity contribution is -0.314. The van der Waals surface area contributed by atoms with Crippen molar-refractivity contribution in [3.8, 4) is 0 Å². The van der Waals surface area contributed by atoms with Crippen molar-refractivity contribution in [3.63, 3.8) is 0 Å². The molecular formula is C43H67NO10. The first kappa shape index (κ1) is 41.7. The van der Waals surface area contributed by atoms with Crippen LogP contribution in [-0.4, -0.2) is 120 Å². The maximum Gasteiger partial charge on any atom is 0.307 e. The number of fused-ring (bicyclic) bond motifs is 5. The molecule has 0 aromatic rings. The molecule has 0 N–H and O–H groups in total. The highest BCUT2D eigenvalue weighted by molar-refractivity contribution is 5.99. The number of methoxy groups -OCH3 is 3. The van der Waals surface area contributed by atoms with E-state index in [4.69, 9.17) is 37.9 Å². The summed E-state index contributed by atoms with van der Waals surface area (Å²) in [6.07, 6.45) is 14.6. The van der Waals surface area contributed by atoms with E-state index < -0.39 is 12.4 Å². The topological polar surface area (TPSA) is 111 Å². The second kappa shape index (κ2) is 18.5. The van der Waals surface area contributed by atoms with E-state index >= 15 is 0 Å². The van der Waals surface area contributed by atoms with E-state index in [1.807, 2.05) is 19.9 Å². The van der Waals surface area contributed by atoms with Crippen molar-refractivity contribution in [1.29, 1.82) is 0 Å². The predicted octanol–water partition coefficient (Wildman–Crippen LogP) is 6.04. The fourth-order valence-corrected chi connectivity index (χ4v) is 10.5. The summed E-state index contributed by atoms with van der Waals surface area (Å²) in [5, 5.41) is 0. The first-order valence-electron chi connectivity index (χ1n) is 20.6. The molecule has 3 aliphatic carbocycles. The number of Topliss-reactive ketones (excluding diaryl/α,β-unsaturated/α-hetero) is 1. The highest BCUT2D eigenvalue weighted by Gasteiger charge is 2.52. The molecule has 4 fully saturated rings. The van der Waals surface area contributed by atoms with Crippen LogP contribution in [0, 0.1) is 35.5 Å². The summed E-state index contributed by atoms with van der Waals surface area (Å²) in [4.78, 5) is 30.6. The van der Waals surface area contributed by atoms with Crippen molar-refractivity contribution >= 4 is 11.8 Å². The summed E-state index contributed by atoms with van der Waals surface area (Å²) in [5.41, 5.74) is 0.752. The van der Waals surface area contributed by atoms with Gasteiger partial charge in [-0.1, -0.05) is 38.2 Å². The van der Waals surface area contributed by atoms with Crippen LogP contribution in [0.2, 0.25) is 0 Å². The smallest absolute Gasteiger partial charge is 0.307 e. The van der Waals surface area contributed by atoms with Crippen LogP contribution in [0.4, 0.5) is 0 Å². The first-order valence-corrected chi connectivity index (χ1v) is 20.6. The van der Waals surface area contributed by atoms with Crippen LogP contribution in [0.3, 0.4) is 0 Å². The number of allylic oxidation sites excluding steroid dienone is 5. The molecule has 0 aromatic carbocycles. The van der Waals surface area contributed by atoms with Gasteiger partial charge in [-0.2, -0.15) is 0 Å². The third kappa shape index (κ3) is 8.94. The Morgan fingerprint density at radius 2 is 1.61 bits per heavy atom. The van der Waals surface area contributed by atoms with Crippen molar-refractivity contribution < 1.29 is 47.5 Å².